The Morgan fingerprint density at radius 2 is 2.26 bits per heavy atom. The highest BCUT2D eigenvalue weighted by atomic mass is 16.5. The second kappa shape index (κ2) is 6.16. The molecule has 1 N–H and O–H groups in total. The van der Waals surface area contributed by atoms with E-state index in [1.54, 1.807) is 31.2 Å². The first-order valence-corrected chi connectivity index (χ1v) is 7.54. The lowest BCUT2D eigenvalue weighted by molar-refractivity contribution is -0.116. The van der Waals surface area contributed by atoms with Crippen molar-refractivity contribution in [1.29, 1.82) is 0 Å². The fourth-order valence-electron chi connectivity index (χ4n) is 2.70. The van der Waals surface area contributed by atoms with Crippen molar-refractivity contribution in [2.45, 2.75) is 26.7 Å². The van der Waals surface area contributed by atoms with E-state index >= 15 is 0 Å². The molecule has 0 bridgehead atoms. The minimum atomic E-state index is -0.469. The van der Waals surface area contributed by atoms with Crippen molar-refractivity contribution in [2.24, 2.45) is 10.9 Å². The molecule has 23 heavy (non-hydrogen) atoms. The van der Waals surface area contributed by atoms with Gasteiger partial charge >= 0.3 is 0 Å². The number of aliphatic imine (C=N–C) groups is 1. The fraction of sp³-hybridized carbons (Fsp3) is 0.294. The highest BCUT2D eigenvalue weighted by Gasteiger charge is 2.26. The van der Waals surface area contributed by atoms with Crippen molar-refractivity contribution < 1.29 is 14.1 Å². The molecule has 0 radical (unpaired) electrons. The molecule has 1 aromatic rings. The molecule has 0 saturated carbocycles. The predicted octanol–water partition coefficient (Wildman–Crippen LogP) is 2.49. The third-order valence-electron chi connectivity index (χ3n) is 3.70. The van der Waals surface area contributed by atoms with Crippen LogP contribution >= 0.6 is 0 Å². The second-order valence-electron chi connectivity index (χ2n) is 5.56. The van der Waals surface area contributed by atoms with Gasteiger partial charge in [0.15, 0.2) is 5.69 Å². The molecule has 1 aromatic heterocycles. The molecule has 1 atom stereocenters. The first-order valence-electron chi connectivity index (χ1n) is 7.54. The van der Waals surface area contributed by atoms with Crippen molar-refractivity contribution in [3.63, 3.8) is 0 Å². The van der Waals surface area contributed by atoms with E-state index in [4.69, 9.17) is 4.52 Å². The Bertz CT molecular complexity index is 781. The maximum absolute atomic E-state index is 12.0. The van der Waals surface area contributed by atoms with Gasteiger partial charge in [0.05, 0.1) is 5.71 Å². The Labute approximate surface area is 133 Å². The number of hydrogen-bond acceptors (Lipinski definition) is 4. The standard InChI is InChI=1S/C17H17N3O3/c1-3-4-11-8-16(21)19-14-9-12(5-6-13(11)14)18-17(22)15-7-10(2)23-20-15/h5-9,13H,3-4H2,1-2H3,(H,19,21). The molecule has 0 spiro atoms. The highest BCUT2D eigenvalue weighted by Crippen LogP contribution is 2.29. The van der Waals surface area contributed by atoms with Crippen LogP contribution in [0.4, 0.5) is 0 Å². The maximum Gasteiger partial charge on any atom is 0.299 e. The summed E-state index contributed by atoms with van der Waals surface area (Å²) in [4.78, 5) is 27.8. The number of carbonyl (C=O) groups is 2. The summed E-state index contributed by atoms with van der Waals surface area (Å²) in [6, 6.07) is 1.54. The van der Waals surface area contributed by atoms with Gasteiger partial charge in [-0.25, -0.2) is 4.99 Å². The molecular weight excluding hydrogens is 294 g/mol. The molecule has 2 heterocycles. The molecular formula is C17H17N3O3. The van der Waals surface area contributed by atoms with Gasteiger partial charge in [0, 0.05) is 23.8 Å². The molecule has 3 rings (SSSR count). The number of rotatable bonds is 3. The van der Waals surface area contributed by atoms with Crippen LogP contribution < -0.4 is 5.32 Å². The van der Waals surface area contributed by atoms with Gasteiger partial charge < -0.3 is 9.84 Å². The summed E-state index contributed by atoms with van der Waals surface area (Å²) in [7, 11) is 0. The summed E-state index contributed by atoms with van der Waals surface area (Å²) in [5, 5.41) is 6.48. The number of amides is 2. The molecule has 0 fully saturated rings. The van der Waals surface area contributed by atoms with E-state index in [2.05, 4.69) is 22.4 Å². The molecule has 0 saturated heterocycles. The number of allylic oxidation sites excluding steroid dienone is 3. The molecule has 1 unspecified atom stereocenters. The average molecular weight is 311 g/mol. The fourth-order valence-corrected chi connectivity index (χ4v) is 2.70. The van der Waals surface area contributed by atoms with Crippen molar-refractivity contribution in [3.8, 4) is 0 Å². The second-order valence-corrected chi connectivity index (χ2v) is 5.56. The zero-order valence-electron chi connectivity index (χ0n) is 13.0. The Morgan fingerprint density at radius 1 is 1.43 bits per heavy atom. The van der Waals surface area contributed by atoms with Gasteiger partial charge in [0.1, 0.15) is 5.76 Å². The summed E-state index contributed by atoms with van der Waals surface area (Å²) in [5.74, 6) is 0.00310. The SMILES string of the molecule is CCCC1=CC(=O)NC2=CC(=NC(=O)c3cc(C)on3)C=CC12. The lowest BCUT2D eigenvalue weighted by atomic mass is 9.85. The van der Waals surface area contributed by atoms with E-state index in [0.717, 1.165) is 24.1 Å². The van der Waals surface area contributed by atoms with E-state index in [0.29, 0.717) is 11.5 Å². The van der Waals surface area contributed by atoms with Crippen molar-refractivity contribution in [1.82, 2.24) is 10.5 Å². The lowest BCUT2D eigenvalue weighted by Crippen LogP contribution is -2.33. The number of hydrogen-bond donors (Lipinski definition) is 1. The van der Waals surface area contributed by atoms with Crippen molar-refractivity contribution >= 4 is 17.5 Å². The van der Waals surface area contributed by atoms with Gasteiger partial charge in [-0.3, -0.25) is 9.59 Å². The number of nitrogens with one attached hydrogen (secondary N) is 1. The highest BCUT2D eigenvalue weighted by molar-refractivity contribution is 6.13. The van der Waals surface area contributed by atoms with Crippen molar-refractivity contribution in [2.75, 3.05) is 0 Å². The predicted molar refractivity (Wildman–Crippen MR) is 84.9 cm³/mol. The van der Waals surface area contributed by atoms with Crippen LogP contribution in [0.3, 0.4) is 0 Å². The minimum Gasteiger partial charge on any atom is -0.361 e. The number of aromatic nitrogens is 1. The molecule has 6 heteroatoms. The molecule has 1 aliphatic heterocycles. The number of fused-ring (bicyclic) bond motifs is 1. The Hall–Kier alpha value is -2.76. The third kappa shape index (κ3) is 3.21. The van der Waals surface area contributed by atoms with Crippen LogP contribution in [0.5, 0.6) is 0 Å². The van der Waals surface area contributed by atoms with Gasteiger partial charge in [-0.1, -0.05) is 30.2 Å². The molecule has 2 amide bonds. The Morgan fingerprint density at radius 3 is 2.96 bits per heavy atom. The molecule has 118 valence electrons. The van der Waals surface area contributed by atoms with Crippen LogP contribution in [-0.2, 0) is 4.79 Å². The number of carbonyl (C=O) groups excluding carboxylic acids is 2. The van der Waals surface area contributed by atoms with E-state index in [-0.39, 0.29) is 17.5 Å². The van der Waals surface area contributed by atoms with Crippen molar-refractivity contribution in [3.05, 3.63) is 53.1 Å². The third-order valence-corrected chi connectivity index (χ3v) is 3.70. The Kier molecular flexibility index (Phi) is 4.06. The Balaban J connectivity index is 1.85. The quantitative estimate of drug-likeness (QED) is 0.929. The topological polar surface area (TPSA) is 84.6 Å². The van der Waals surface area contributed by atoms with E-state index < -0.39 is 5.91 Å². The zero-order chi connectivity index (χ0) is 16.4. The van der Waals surface area contributed by atoms with E-state index in [1.165, 1.54) is 0 Å². The van der Waals surface area contributed by atoms with E-state index in [9.17, 15) is 9.59 Å². The van der Waals surface area contributed by atoms with Crippen LogP contribution in [0.2, 0.25) is 0 Å². The summed E-state index contributed by atoms with van der Waals surface area (Å²) in [5.41, 5.74) is 2.49. The molecule has 6 nitrogen and oxygen atoms in total. The van der Waals surface area contributed by atoms with Crippen LogP contribution in [0.15, 0.2) is 51.2 Å². The van der Waals surface area contributed by atoms with E-state index in [1.807, 2.05) is 6.08 Å². The number of nitrogens with zero attached hydrogens (tertiary/aromatic N) is 2. The summed E-state index contributed by atoms with van der Waals surface area (Å²) < 4.78 is 4.88. The summed E-state index contributed by atoms with van der Waals surface area (Å²) in [6.07, 6.45) is 8.97. The molecule has 2 aliphatic rings. The first kappa shape index (κ1) is 15.1. The largest absolute Gasteiger partial charge is 0.361 e. The normalized spacial score (nSPS) is 21.6. The van der Waals surface area contributed by atoms with Gasteiger partial charge in [-0.05, 0) is 25.5 Å². The van der Waals surface area contributed by atoms with Crippen LogP contribution in [0.1, 0.15) is 36.0 Å². The summed E-state index contributed by atoms with van der Waals surface area (Å²) in [6.45, 7) is 3.79. The molecule has 0 aromatic carbocycles. The van der Waals surface area contributed by atoms with Gasteiger partial charge in [0.25, 0.3) is 5.91 Å². The van der Waals surface area contributed by atoms with Crippen LogP contribution in [0, 0.1) is 12.8 Å². The monoisotopic (exact) mass is 311 g/mol. The zero-order valence-corrected chi connectivity index (χ0v) is 13.0. The maximum atomic E-state index is 12.0. The van der Waals surface area contributed by atoms with Gasteiger partial charge in [-0.15, -0.1) is 0 Å². The van der Waals surface area contributed by atoms with Gasteiger partial charge in [0.2, 0.25) is 5.91 Å². The summed E-state index contributed by atoms with van der Waals surface area (Å²) >= 11 is 0. The average Bonchev–Trinajstić information content (AvgIpc) is 2.94. The lowest BCUT2D eigenvalue weighted by Gasteiger charge is -2.27. The van der Waals surface area contributed by atoms with Crippen LogP contribution in [0.25, 0.3) is 0 Å². The van der Waals surface area contributed by atoms with Crippen LogP contribution in [-0.4, -0.2) is 22.7 Å². The minimum absolute atomic E-state index is 0.0518. The first-order chi connectivity index (χ1) is 11.1. The van der Waals surface area contributed by atoms with Gasteiger partial charge in [-0.2, -0.15) is 0 Å². The molecule has 1 aliphatic carbocycles. The smallest absolute Gasteiger partial charge is 0.299 e. The number of aryl methyl sites for hydroxylation is 1.